The summed E-state index contributed by atoms with van der Waals surface area (Å²) in [6.45, 7) is 3.65. The highest BCUT2D eigenvalue weighted by Crippen LogP contribution is 2.31. The molecule has 0 aliphatic heterocycles. The van der Waals surface area contributed by atoms with Crippen LogP contribution in [0.3, 0.4) is 0 Å². The van der Waals surface area contributed by atoms with Crippen LogP contribution in [0.1, 0.15) is 31.0 Å². The Bertz CT molecular complexity index is 1390. The molecule has 10 heteroatoms. The number of alkyl halides is 3. The van der Waals surface area contributed by atoms with Gasteiger partial charge in [-0.2, -0.15) is 18.2 Å². The predicted octanol–water partition coefficient (Wildman–Crippen LogP) is 4.38. The van der Waals surface area contributed by atoms with Crippen LogP contribution in [0.25, 0.3) is 22.8 Å². The van der Waals surface area contributed by atoms with Gasteiger partial charge in [-0.1, -0.05) is 35.5 Å². The van der Waals surface area contributed by atoms with Crippen LogP contribution in [0, 0.1) is 0 Å². The fourth-order valence-corrected chi connectivity index (χ4v) is 3.30. The standard InChI is InChI=1S/C23H19F3N4O3/c1-14(2)29-13-18(21(31)30(22(29)32)12-15-6-4-3-5-7-15)19-27-20(33-28-19)16-8-10-17(11-9-16)23(24,25)26/h3-11,13-14H,12H2,1-2H3. The van der Waals surface area contributed by atoms with Crippen molar-refractivity contribution in [2.75, 3.05) is 0 Å². The first kappa shape index (κ1) is 22.3. The van der Waals surface area contributed by atoms with Crippen molar-refractivity contribution in [1.82, 2.24) is 19.3 Å². The number of halogens is 3. The molecule has 0 saturated heterocycles. The summed E-state index contributed by atoms with van der Waals surface area (Å²) in [6, 6.07) is 13.0. The van der Waals surface area contributed by atoms with Gasteiger partial charge in [-0.05, 0) is 43.7 Å². The summed E-state index contributed by atoms with van der Waals surface area (Å²) in [5, 5.41) is 3.84. The van der Waals surface area contributed by atoms with E-state index in [9.17, 15) is 22.8 Å². The number of aromatic nitrogens is 4. The molecule has 0 spiro atoms. The van der Waals surface area contributed by atoms with Gasteiger partial charge >= 0.3 is 11.9 Å². The molecule has 0 aliphatic rings. The van der Waals surface area contributed by atoms with E-state index >= 15 is 0 Å². The minimum atomic E-state index is -4.47. The van der Waals surface area contributed by atoms with Crippen molar-refractivity contribution in [2.45, 2.75) is 32.6 Å². The Kier molecular flexibility index (Phi) is 5.75. The summed E-state index contributed by atoms with van der Waals surface area (Å²) in [5.41, 5.74) is -0.805. The van der Waals surface area contributed by atoms with Crippen LogP contribution in [0.5, 0.6) is 0 Å². The van der Waals surface area contributed by atoms with Crippen LogP contribution in [0.4, 0.5) is 13.2 Å². The molecule has 7 nitrogen and oxygen atoms in total. The summed E-state index contributed by atoms with van der Waals surface area (Å²) < 4.78 is 46.1. The zero-order chi connectivity index (χ0) is 23.8. The van der Waals surface area contributed by atoms with Gasteiger partial charge in [0.2, 0.25) is 5.82 Å². The molecule has 4 rings (SSSR count). The Hall–Kier alpha value is -3.95. The predicted molar refractivity (Wildman–Crippen MR) is 115 cm³/mol. The molecule has 4 aromatic rings. The Balaban J connectivity index is 1.77. The second-order valence-corrected chi connectivity index (χ2v) is 7.70. The van der Waals surface area contributed by atoms with Gasteiger partial charge in [0.1, 0.15) is 5.56 Å². The molecule has 0 amide bonds. The van der Waals surface area contributed by atoms with Crippen LogP contribution in [0.2, 0.25) is 0 Å². The number of rotatable bonds is 5. The number of hydrogen-bond acceptors (Lipinski definition) is 5. The third-order valence-electron chi connectivity index (χ3n) is 5.06. The Morgan fingerprint density at radius 1 is 1.00 bits per heavy atom. The maximum Gasteiger partial charge on any atom is 0.416 e. The van der Waals surface area contributed by atoms with E-state index in [1.165, 1.54) is 22.9 Å². The lowest BCUT2D eigenvalue weighted by molar-refractivity contribution is -0.137. The number of hydrogen-bond donors (Lipinski definition) is 0. The second-order valence-electron chi connectivity index (χ2n) is 7.70. The van der Waals surface area contributed by atoms with Gasteiger partial charge in [0, 0.05) is 17.8 Å². The summed E-state index contributed by atoms with van der Waals surface area (Å²) in [6.07, 6.45) is -3.09. The molecule has 33 heavy (non-hydrogen) atoms. The Labute approximate surface area is 185 Å². The lowest BCUT2D eigenvalue weighted by Gasteiger charge is -2.14. The van der Waals surface area contributed by atoms with Crippen LogP contribution >= 0.6 is 0 Å². The van der Waals surface area contributed by atoms with E-state index in [4.69, 9.17) is 4.52 Å². The average molecular weight is 456 g/mol. The van der Waals surface area contributed by atoms with Gasteiger partial charge < -0.3 is 4.52 Å². The molecule has 0 aliphatic carbocycles. The molecule has 0 saturated carbocycles. The quantitative estimate of drug-likeness (QED) is 0.445. The molecule has 2 heterocycles. The number of nitrogens with zero attached hydrogens (tertiary/aromatic N) is 4. The average Bonchev–Trinajstić information content (AvgIpc) is 3.27. The first-order valence-electron chi connectivity index (χ1n) is 10.1. The lowest BCUT2D eigenvalue weighted by Crippen LogP contribution is -2.41. The molecule has 0 N–H and O–H groups in total. The van der Waals surface area contributed by atoms with Crippen molar-refractivity contribution in [3.05, 3.63) is 92.8 Å². The van der Waals surface area contributed by atoms with Crippen molar-refractivity contribution in [3.8, 4) is 22.8 Å². The fraction of sp³-hybridized carbons (Fsp3) is 0.217. The van der Waals surface area contributed by atoms with Gasteiger partial charge in [-0.15, -0.1) is 0 Å². The number of benzene rings is 2. The zero-order valence-electron chi connectivity index (χ0n) is 17.7. The topological polar surface area (TPSA) is 82.9 Å². The maximum absolute atomic E-state index is 13.2. The molecule has 0 atom stereocenters. The van der Waals surface area contributed by atoms with Crippen LogP contribution < -0.4 is 11.2 Å². The molecule has 0 radical (unpaired) electrons. The smallest absolute Gasteiger partial charge is 0.334 e. The van der Waals surface area contributed by atoms with Crippen molar-refractivity contribution >= 4 is 0 Å². The highest BCUT2D eigenvalue weighted by Gasteiger charge is 2.30. The normalized spacial score (nSPS) is 11.8. The van der Waals surface area contributed by atoms with E-state index in [2.05, 4.69) is 10.1 Å². The molecule has 0 unspecified atom stereocenters. The SMILES string of the molecule is CC(C)n1cc(-c2noc(-c3ccc(C(F)(F)F)cc3)n2)c(=O)n(Cc2ccccc2)c1=O. The van der Waals surface area contributed by atoms with Crippen LogP contribution in [-0.2, 0) is 12.7 Å². The van der Waals surface area contributed by atoms with Crippen molar-refractivity contribution in [1.29, 1.82) is 0 Å². The minimum Gasteiger partial charge on any atom is -0.334 e. The van der Waals surface area contributed by atoms with Gasteiger partial charge in [0.05, 0.1) is 12.1 Å². The van der Waals surface area contributed by atoms with Gasteiger partial charge in [0.25, 0.3) is 11.4 Å². The molecule has 2 aromatic carbocycles. The second kappa shape index (κ2) is 8.53. The first-order chi connectivity index (χ1) is 15.6. The molecule has 0 fully saturated rings. The first-order valence-corrected chi connectivity index (χ1v) is 10.1. The fourth-order valence-electron chi connectivity index (χ4n) is 3.30. The van der Waals surface area contributed by atoms with E-state index in [0.29, 0.717) is 0 Å². The van der Waals surface area contributed by atoms with Gasteiger partial charge in [-0.3, -0.25) is 13.9 Å². The van der Waals surface area contributed by atoms with Gasteiger partial charge in [0.15, 0.2) is 0 Å². The largest absolute Gasteiger partial charge is 0.416 e. The highest BCUT2D eigenvalue weighted by molar-refractivity contribution is 5.59. The lowest BCUT2D eigenvalue weighted by atomic mass is 10.1. The summed E-state index contributed by atoms with van der Waals surface area (Å²) in [4.78, 5) is 30.3. The maximum atomic E-state index is 13.2. The zero-order valence-corrected chi connectivity index (χ0v) is 17.7. The molecule has 2 aromatic heterocycles. The molecule has 0 bridgehead atoms. The highest BCUT2D eigenvalue weighted by atomic mass is 19.4. The summed E-state index contributed by atoms with van der Waals surface area (Å²) in [5.74, 6) is -0.110. The third-order valence-corrected chi connectivity index (χ3v) is 5.06. The van der Waals surface area contributed by atoms with E-state index < -0.39 is 23.0 Å². The molecular weight excluding hydrogens is 437 g/mol. The third kappa shape index (κ3) is 4.50. The Morgan fingerprint density at radius 3 is 2.27 bits per heavy atom. The van der Waals surface area contributed by atoms with Crippen LogP contribution in [0.15, 0.2) is 74.9 Å². The van der Waals surface area contributed by atoms with E-state index in [1.807, 2.05) is 6.07 Å². The van der Waals surface area contributed by atoms with Crippen molar-refractivity contribution < 1.29 is 17.7 Å². The molecular formula is C23H19F3N4O3. The van der Waals surface area contributed by atoms with Gasteiger partial charge in [-0.25, -0.2) is 4.79 Å². The Morgan fingerprint density at radius 2 is 1.67 bits per heavy atom. The van der Waals surface area contributed by atoms with E-state index in [0.717, 1.165) is 22.3 Å². The summed E-state index contributed by atoms with van der Waals surface area (Å²) >= 11 is 0. The van der Waals surface area contributed by atoms with E-state index in [-0.39, 0.29) is 35.4 Å². The minimum absolute atomic E-state index is 0.0427. The van der Waals surface area contributed by atoms with E-state index in [1.54, 1.807) is 38.1 Å². The van der Waals surface area contributed by atoms with Crippen molar-refractivity contribution in [2.24, 2.45) is 0 Å². The molecule has 170 valence electrons. The van der Waals surface area contributed by atoms with Crippen molar-refractivity contribution in [3.63, 3.8) is 0 Å². The monoisotopic (exact) mass is 456 g/mol. The summed E-state index contributed by atoms with van der Waals surface area (Å²) in [7, 11) is 0. The van der Waals surface area contributed by atoms with Crippen LogP contribution in [-0.4, -0.2) is 19.3 Å².